The fraction of sp³-hybridized carbons (Fsp3) is 0.133. The number of carbonyl (C=O) groups is 1. The van der Waals surface area contributed by atoms with Gasteiger partial charge >= 0.3 is 0 Å². The number of amides is 1. The van der Waals surface area contributed by atoms with Gasteiger partial charge in [0.1, 0.15) is 5.75 Å². The number of fused-ring (bicyclic) bond motifs is 1. The van der Waals surface area contributed by atoms with Crippen molar-refractivity contribution in [2.24, 2.45) is 0 Å². The maximum Gasteiger partial charge on any atom is 0.236 e. The van der Waals surface area contributed by atoms with Gasteiger partial charge < -0.3 is 4.74 Å². The Bertz CT molecular complexity index is 593. The summed E-state index contributed by atoms with van der Waals surface area (Å²) in [6.07, 6.45) is 0.397. The van der Waals surface area contributed by atoms with Gasteiger partial charge in [-0.05, 0) is 24.3 Å². The molecule has 0 fully saturated rings. The molecule has 3 nitrogen and oxygen atoms in total. The lowest BCUT2D eigenvalue weighted by Gasteiger charge is -2.17. The minimum absolute atomic E-state index is 0.0840. The van der Waals surface area contributed by atoms with E-state index < -0.39 is 0 Å². The molecule has 2 aromatic carbocycles. The lowest BCUT2D eigenvalue weighted by molar-refractivity contribution is -0.116. The number of ether oxygens (including phenoxy) is 1. The van der Waals surface area contributed by atoms with Crippen molar-refractivity contribution in [1.82, 2.24) is 0 Å². The summed E-state index contributed by atoms with van der Waals surface area (Å²) in [6, 6.07) is 15.4. The molecule has 0 spiro atoms. The number of carbonyl (C=O) groups excluding carboxylic acids is 1. The minimum Gasteiger partial charge on any atom is -0.496 e. The van der Waals surface area contributed by atoms with Crippen molar-refractivity contribution in [2.45, 2.75) is 6.42 Å². The van der Waals surface area contributed by atoms with E-state index >= 15 is 0 Å². The van der Waals surface area contributed by atoms with Crippen LogP contribution in [-0.4, -0.2) is 13.0 Å². The number of hydrogen-bond donors (Lipinski definition) is 0. The smallest absolute Gasteiger partial charge is 0.236 e. The molecule has 0 aromatic heterocycles. The zero-order chi connectivity index (χ0) is 12.5. The largest absolute Gasteiger partial charge is 0.496 e. The fourth-order valence-electron chi connectivity index (χ4n) is 2.36. The predicted molar refractivity (Wildman–Crippen MR) is 70.3 cm³/mol. The molecule has 3 rings (SSSR count). The summed E-state index contributed by atoms with van der Waals surface area (Å²) >= 11 is 0. The highest BCUT2D eigenvalue weighted by atomic mass is 16.5. The molecule has 0 saturated heterocycles. The Labute approximate surface area is 106 Å². The number of para-hydroxylation sites is 1. The van der Waals surface area contributed by atoms with Crippen LogP contribution in [0, 0.1) is 0 Å². The van der Waals surface area contributed by atoms with Gasteiger partial charge in [0.25, 0.3) is 0 Å². The summed E-state index contributed by atoms with van der Waals surface area (Å²) < 4.78 is 5.31. The van der Waals surface area contributed by atoms with Crippen molar-refractivity contribution in [3.8, 4) is 5.75 Å². The average molecular weight is 239 g/mol. The first-order chi connectivity index (χ1) is 8.81. The van der Waals surface area contributed by atoms with Crippen molar-refractivity contribution in [1.29, 1.82) is 0 Å². The molecular weight excluding hydrogens is 226 g/mol. The monoisotopic (exact) mass is 239 g/mol. The van der Waals surface area contributed by atoms with Crippen LogP contribution >= 0.6 is 0 Å². The first-order valence-electron chi connectivity index (χ1n) is 5.85. The maximum absolute atomic E-state index is 12.2. The summed E-state index contributed by atoms with van der Waals surface area (Å²) in [5.74, 6) is 0.861. The molecule has 2 aromatic rings. The number of benzene rings is 2. The molecule has 0 N–H and O–H groups in total. The van der Waals surface area contributed by atoms with Gasteiger partial charge in [0.05, 0.1) is 19.2 Å². The second-order valence-corrected chi connectivity index (χ2v) is 4.20. The topological polar surface area (TPSA) is 29.5 Å². The van der Waals surface area contributed by atoms with E-state index in [2.05, 4.69) is 0 Å². The normalized spacial score (nSPS) is 13.6. The van der Waals surface area contributed by atoms with E-state index in [0.717, 1.165) is 22.7 Å². The summed E-state index contributed by atoms with van der Waals surface area (Å²) in [5.41, 5.74) is 2.79. The van der Waals surface area contributed by atoms with Crippen molar-refractivity contribution < 1.29 is 9.53 Å². The molecule has 1 aliphatic heterocycles. The Hall–Kier alpha value is -2.29. The van der Waals surface area contributed by atoms with Gasteiger partial charge in [0.2, 0.25) is 5.91 Å². The van der Waals surface area contributed by atoms with Crippen LogP contribution in [0.15, 0.2) is 48.5 Å². The Morgan fingerprint density at radius 3 is 2.56 bits per heavy atom. The highest BCUT2D eigenvalue weighted by molar-refractivity contribution is 6.07. The average Bonchev–Trinajstić information content (AvgIpc) is 2.75. The first kappa shape index (κ1) is 10.8. The summed E-state index contributed by atoms with van der Waals surface area (Å²) in [6.45, 7) is 0. The van der Waals surface area contributed by atoms with E-state index in [9.17, 15) is 4.79 Å². The van der Waals surface area contributed by atoms with Crippen molar-refractivity contribution in [2.75, 3.05) is 12.0 Å². The number of rotatable bonds is 2. The van der Waals surface area contributed by atoms with Crippen LogP contribution in [0.25, 0.3) is 0 Å². The zero-order valence-electron chi connectivity index (χ0n) is 10.1. The predicted octanol–water partition coefficient (Wildman–Crippen LogP) is 2.92. The Balaban J connectivity index is 2.13. The highest BCUT2D eigenvalue weighted by Gasteiger charge is 2.30. The SMILES string of the molecule is COc1cccc2c1CC(=O)N2c1ccccc1. The molecule has 3 heteroatoms. The van der Waals surface area contributed by atoms with E-state index in [4.69, 9.17) is 4.74 Å². The van der Waals surface area contributed by atoms with E-state index in [1.807, 2.05) is 48.5 Å². The maximum atomic E-state index is 12.2. The third-order valence-corrected chi connectivity index (χ3v) is 3.16. The second kappa shape index (κ2) is 4.18. The van der Waals surface area contributed by atoms with Gasteiger partial charge in [-0.15, -0.1) is 0 Å². The number of hydrogen-bond acceptors (Lipinski definition) is 2. The summed E-state index contributed by atoms with van der Waals surface area (Å²) in [5, 5.41) is 0. The Morgan fingerprint density at radius 2 is 1.83 bits per heavy atom. The molecule has 90 valence electrons. The fourth-order valence-corrected chi connectivity index (χ4v) is 2.36. The minimum atomic E-state index is 0.0840. The standard InChI is InChI=1S/C15H13NO2/c1-18-14-9-5-8-13-12(14)10-15(17)16(13)11-6-3-2-4-7-11/h2-9H,10H2,1H3. The molecule has 1 aliphatic rings. The molecular formula is C15H13NO2. The third kappa shape index (κ3) is 1.56. The molecule has 0 radical (unpaired) electrons. The third-order valence-electron chi connectivity index (χ3n) is 3.16. The molecule has 0 unspecified atom stereocenters. The number of nitrogens with zero attached hydrogens (tertiary/aromatic N) is 1. The van der Waals surface area contributed by atoms with E-state index in [1.54, 1.807) is 12.0 Å². The first-order valence-corrected chi connectivity index (χ1v) is 5.85. The molecule has 1 heterocycles. The van der Waals surface area contributed by atoms with Gasteiger partial charge in [-0.25, -0.2) is 0 Å². The molecule has 0 bridgehead atoms. The number of methoxy groups -OCH3 is 1. The van der Waals surface area contributed by atoms with E-state index in [-0.39, 0.29) is 5.91 Å². The lowest BCUT2D eigenvalue weighted by atomic mass is 10.1. The van der Waals surface area contributed by atoms with E-state index in [1.165, 1.54) is 0 Å². The van der Waals surface area contributed by atoms with Crippen molar-refractivity contribution in [3.05, 3.63) is 54.1 Å². The van der Waals surface area contributed by atoms with Gasteiger partial charge in [-0.2, -0.15) is 0 Å². The number of anilines is 2. The van der Waals surface area contributed by atoms with Crippen LogP contribution in [0.2, 0.25) is 0 Å². The van der Waals surface area contributed by atoms with Crippen LogP contribution < -0.4 is 9.64 Å². The summed E-state index contributed by atoms with van der Waals surface area (Å²) in [7, 11) is 1.63. The molecule has 0 saturated carbocycles. The summed E-state index contributed by atoms with van der Waals surface area (Å²) in [4.78, 5) is 13.9. The zero-order valence-corrected chi connectivity index (χ0v) is 10.1. The van der Waals surface area contributed by atoms with Crippen molar-refractivity contribution >= 4 is 17.3 Å². The highest BCUT2D eigenvalue weighted by Crippen LogP contribution is 2.39. The van der Waals surface area contributed by atoms with Crippen LogP contribution in [0.5, 0.6) is 5.75 Å². The molecule has 18 heavy (non-hydrogen) atoms. The molecule has 1 amide bonds. The second-order valence-electron chi connectivity index (χ2n) is 4.20. The van der Waals surface area contributed by atoms with Gasteiger partial charge in [-0.3, -0.25) is 9.69 Å². The van der Waals surface area contributed by atoms with Gasteiger partial charge in [-0.1, -0.05) is 24.3 Å². The van der Waals surface area contributed by atoms with Crippen LogP contribution in [0.3, 0.4) is 0 Å². The Kier molecular flexibility index (Phi) is 2.52. The lowest BCUT2D eigenvalue weighted by Crippen LogP contribution is -2.20. The van der Waals surface area contributed by atoms with Crippen LogP contribution in [-0.2, 0) is 11.2 Å². The molecule has 0 aliphatic carbocycles. The van der Waals surface area contributed by atoms with Crippen LogP contribution in [0.4, 0.5) is 11.4 Å². The van der Waals surface area contributed by atoms with Crippen molar-refractivity contribution in [3.63, 3.8) is 0 Å². The van der Waals surface area contributed by atoms with Crippen LogP contribution in [0.1, 0.15) is 5.56 Å². The van der Waals surface area contributed by atoms with Gasteiger partial charge in [0.15, 0.2) is 0 Å². The van der Waals surface area contributed by atoms with Gasteiger partial charge in [0, 0.05) is 11.3 Å². The van der Waals surface area contributed by atoms with E-state index in [0.29, 0.717) is 6.42 Å². The quantitative estimate of drug-likeness (QED) is 0.806. The molecule has 0 atom stereocenters. The Morgan fingerprint density at radius 1 is 1.06 bits per heavy atom.